The lowest BCUT2D eigenvalue weighted by molar-refractivity contribution is 0.591. The molecule has 88 valence electrons. The Morgan fingerprint density at radius 1 is 0.941 bits per heavy atom. The zero-order valence-corrected chi connectivity index (χ0v) is 9.43. The molecule has 0 aliphatic heterocycles. The van der Waals surface area contributed by atoms with Gasteiger partial charge in [-0.05, 0) is 24.3 Å². The van der Waals surface area contributed by atoms with E-state index < -0.39 is 11.6 Å². The van der Waals surface area contributed by atoms with Gasteiger partial charge < -0.3 is 11.1 Å². The van der Waals surface area contributed by atoms with Crippen LogP contribution >= 0.6 is 11.6 Å². The molecule has 2 rings (SSSR count). The molecular weight excluding hydrogens is 246 g/mol. The van der Waals surface area contributed by atoms with Crippen molar-refractivity contribution in [2.75, 3.05) is 11.1 Å². The number of para-hydroxylation sites is 2. The van der Waals surface area contributed by atoms with Crippen LogP contribution in [0.4, 0.5) is 25.8 Å². The van der Waals surface area contributed by atoms with E-state index in [0.717, 1.165) is 12.1 Å². The molecule has 0 heterocycles. The van der Waals surface area contributed by atoms with Crippen molar-refractivity contribution in [3.8, 4) is 0 Å². The van der Waals surface area contributed by atoms with Crippen molar-refractivity contribution in [3.63, 3.8) is 0 Å². The second-order valence-electron chi connectivity index (χ2n) is 3.43. The van der Waals surface area contributed by atoms with Gasteiger partial charge in [-0.1, -0.05) is 23.7 Å². The maximum Gasteiger partial charge on any atom is 0.149 e. The van der Waals surface area contributed by atoms with E-state index in [1.807, 2.05) is 0 Å². The molecule has 17 heavy (non-hydrogen) atoms. The fraction of sp³-hybridized carbons (Fsp3) is 0. The SMILES string of the molecule is Nc1cccc(Cl)c1Nc1c(F)cccc1F. The van der Waals surface area contributed by atoms with Crippen LogP contribution in [0, 0.1) is 11.6 Å². The van der Waals surface area contributed by atoms with Crippen LogP contribution in [0.3, 0.4) is 0 Å². The summed E-state index contributed by atoms with van der Waals surface area (Å²) in [5, 5.41) is 2.87. The first kappa shape index (κ1) is 11.7. The Bertz CT molecular complexity index is 468. The van der Waals surface area contributed by atoms with Gasteiger partial charge in [0.25, 0.3) is 0 Å². The van der Waals surface area contributed by atoms with E-state index in [1.54, 1.807) is 18.2 Å². The number of benzene rings is 2. The second-order valence-corrected chi connectivity index (χ2v) is 3.83. The van der Waals surface area contributed by atoms with Crippen LogP contribution in [0.1, 0.15) is 0 Å². The van der Waals surface area contributed by atoms with Gasteiger partial charge in [-0.3, -0.25) is 0 Å². The lowest BCUT2D eigenvalue weighted by atomic mass is 10.2. The van der Waals surface area contributed by atoms with E-state index in [9.17, 15) is 8.78 Å². The van der Waals surface area contributed by atoms with Crippen molar-refractivity contribution in [1.29, 1.82) is 0 Å². The first-order valence-electron chi connectivity index (χ1n) is 4.84. The molecule has 0 atom stereocenters. The summed E-state index contributed by atoms with van der Waals surface area (Å²) < 4.78 is 26.8. The number of anilines is 3. The average Bonchev–Trinajstić information content (AvgIpc) is 2.27. The van der Waals surface area contributed by atoms with Gasteiger partial charge in [-0.2, -0.15) is 0 Å². The summed E-state index contributed by atoms with van der Waals surface area (Å²) in [4.78, 5) is 0. The van der Waals surface area contributed by atoms with Gasteiger partial charge in [0.05, 0.1) is 16.4 Å². The Kier molecular flexibility index (Phi) is 3.15. The van der Waals surface area contributed by atoms with Gasteiger partial charge in [0.1, 0.15) is 17.3 Å². The van der Waals surface area contributed by atoms with Gasteiger partial charge in [0, 0.05) is 0 Å². The zero-order chi connectivity index (χ0) is 12.4. The third-order valence-electron chi connectivity index (χ3n) is 2.26. The molecule has 5 heteroatoms. The maximum atomic E-state index is 13.4. The van der Waals surface area contributed by atoms with E-state index in [-0.39, 0.29) is 11.4 Å². The van der Waals surface area contributed by atoms with Crippen LogP contribution in [0.5, 0.6) is 0 Å². The molecule has 0 unspecified atom stereocenters. The number of hydrogen-bond acceptors (Lipinski definition) is 2. The molecule has 0 bridgehead atoms. The van der Waals surface area contributed by atoms with Gasteiger partial charge in [0.2, 0.25) is 0 Å². The Labute approximate surface area is 102 Å². The van der Waals surface area contributed by atoms with E-state index >= 15 is 0 Å². The number of hydrogen-bond donors (Lipinski definition) is 2. The van der Waals surface area contributed by atoms with Crippen molar-refractivity contribution < 1.29 is 8.78 Å². The summed E-state index contributed by atoms with van der Waals surface area (Å²) in [7, 11) is 0. The number of nitrogens with two attached hydrogens (primary N) is 1. The quantitative estimate of drug-likeness (QED) is 0.797. The molecule has 2 aromatic carbocycles. The van der Waals surface area contributed by atoms with E-state index in [1.165, 1.54) is 6.07 Å². The summed E-state index contributed by atoms with van der Waals surface area (Å²) in [6.07, 6.45) is 0. The third-order valence-corrected chi connectivity index (χ3v) is 2.57. The second kappa shape index (κ2) is 4.59. The van der Waals surface area contributed by atoms with Crippen LogP contribution in [-0.4, -0.2) is 0 Å². The molecule has 0 saturated carbocycles. The summed E-state index contributed by atoms with van der Waals surface area (Å²) in [5.74, 6) is -1.41. The lowest BCUT2D eigenvalue weighted by Crippen LogP contribution is -2.01. The minimum atomic E-state index is -0.704. The topological polar surface area (TPSA) is 38.0 Å². The van der Waals surface area contributed by atoms with Gasteiger partial charge in [0.15, 0.2) is 0 Å². The number of rotatable bonds is 2. The third kappa shape index (κ3) is 2.31. The van der Waals surface area contributed by atoms with Crippen molar-refractivity contribution in [2.45, 2.75) is 0 Å². The van der Waals surface area contributed by atoms with E-state index in [4.69, 9.17) is 17.3 Å². The van der Waals surface area contributed by atoms with Gasteiger partial charge in [-0.25, -0.2) is 8.78 Å². The molecular formula is C12H9ClF2N2. The number of nitrogen functional groups attached to an aromatic ring is 1. The van der Waals surface area contributed by atoms with Crippen molar-refractivity contribution in [3.05, 3.63) is 53.1 Å². The average molecular weight is 255 g/mol. The normalized spacial score (nSPS) is 10.3. The first-order chi connectivity index (χ1) is 8.09. The van der Waals surface area contributed by atoms with Crippen LogP contribution in [0.25, 0.3) is 0 Å². The molecule has 0 spiro atoms. The van der Waals surface area contributed by atoms with Crippen LogP contribution in [-0.2, 0) is 0 Å². The number of nitrogens with one attached hydrogen (secondary N) is 1. The standard InChI is InChI=1S/C12H9ClF2N2/c13-7-3-1-6-10(16)11(7)17-12-8(14)4-2-5-9(12)15/h1-6,17H,16H2. The Hall–Kier alpha value is -1.81. The van der Waals surface area contributed by atoms with Gasteiger partial charge in [-0.15, -0.1) is 0 Å². The highest BCUT2D eigenvalue weighted by Crippen LogP contribution is 2.32. The molecule has 0 amide bonds. The molecule has 2 nitrogen and oxygen atoms in total. The highest BCUT2D eigenvalue weighted by atomic mass is 35.5. The smallest absolute Gasteiger partial charge is 0.149 e. The predicted octanol–water partition coefficient (Wildman–Crippen LogP) is 3.94. The van der Waals surface area contributed by atoms with Crippen molar-refractivity contribution in [2.24, 2.45) is 0 Å². The zero-order valence-electron chi connectivity index (χ0n) is 8.68. The predicted molar refractivity (Wildman–Crippen MR) is 65.5 cm³/mol. The summed E-state index contributed by atoms with van der Waals surface area (Å²) in [6, 6.07) is 8.41. The molecule has 0 aliphatic carbocycles. The molecule has 0 aromatic heterocycles. The van der Waals surface area contributed by atoms with Gasteiger partial charge >= 0.3 is 0 Å². The van der Waals surface area contributed by atoms with Crippen LogP contribution in [0.15, 0.2) is 36.4 Å². The first-order valence-corrected chi connectivity index (χ1v) is 5.22. The fourth-order valence-corrected chi connectivity index (χ4v) is 1.64. The van der Waals surface area contributed by atoms with E-state index in [2.05, 4.69) is 5.32 Å². The Balaban J connectivity index is 2.45. The highest BCUT2D eigenvalue weighted by molar-refractivity contribution is 6.34. The highest BCUT2D eigenvalue weighted by Gasteiger charge is 2.11. The lowest BCUT2D eigenvalue weighted by Gasteiger charge is -2.12. The maximum absolute atomic E-state index is 13.4. The largest absolute Gasteiger partial charge is 0.397 e. The molecule has 0 radical (unpaired) electrons. The van der Waals surface area contributed by atoms with Crippen LogP contribution < -0.4 is 11.1 Å². The van der Waals surface area contributed by atoms with Crippen molar-refractivity contribution >= 4 is 28.7 Å². The summed E-state index contributed by atoms with van der Waals surface area (Å²) >= 11 is 5.90. The summed E-state index contributed by atoms with van der Waals surface area (Å²) in [5.41, 5.74) is 6.02. The molecule has 0 fully saturated rings. The monoisotopic (exact) mass is 254 g/mol. The Morgan fingerprint density at radius 2 is 1.53 bits per heavy atom. The van der Waals surface area contributed by atoms with Crippen molar-refractivity contribution in [1.82, 2.24) is 0 Å². The minimum absolute atomic E-state index is 0.271. The summed E-state index contributed by atoms with van der Waals surface area (Å²) in [6.45, 7) is 0. The number of halogens is 3. The molecule has 0 aliphatic rings. The Morgan fingerprint density at radius 3 is 2.12 bits per heavy atom. The molecule has 0 saturated heterocycles. The fourth-order valence-electron chi connectivity index (χ4n) is 1.41. The van der Waals surface area contributed by atoms with Crippen LogP contribution in [0.2, 0.25) is 5.02 Å². The van der Waals surface area contributed by atoms with E-state index in [0.29, 0.717) is 10.7 Å². The minimum Gasteiger partial charge on any atom is -0.397 e. The molecule has 2 aromatic rings. The molecule has 3 N–H and O–H groups in total.